The molecule has 3 aromatic rings. The van der Waals surface area contributed by atoms with Gasteiger partial charge in [0.2, 0.25) is 5.91 Å². The number of hydrogen-bond donors (Lipinski definition) is 2. The van der Waals surface area contributed by atoms with E-state index in [0.717, 1.165) is 28.1 Å². The molecule has 0 radical (unpaired) electrons. The largest absolute Gasteiger partial charge is 0.326 e. The van der Waals surface area contributed by atoms with E-state index in [-0.39, 0.29) is 11.8 Å². The zero-order valence-corrected chi connectivity index (χ0v) is 14.3. The highest BCUT2D eigenvalue weighted by atomic mass is 32.1. The van der Waals surface area contributed by atoms with Crippen molar-refractivity contribution in [3.8, 4) is 11.3 Å². The number of benzene rings is 2. The maximum Gasteiger partial charge on any atom is 0.257 e. The zero-order chi connectivity index (χ0) is 17.4. The smallest absolute Gasteiger partial charge is 0.257 e. The monoisotopic (exact) mass is 349 g/mol. The highest BCUT2D eigenvalue weighted by Crippen LogP contribution is 2.31. The first-order valence-corrected chi connectivity index (χ1v) is 8.73. The second-order valence-corrected chi connectivity index (χ2v) is 6.82. The number of carbonyl (C=O) groups excluding carboxylic acids is 2. The molecule has 0 bridgehead atoms. The van der Waals surface area contributed by atoms with Gasteiger partial charge in [0.25, 0.3) is 5.91 Å². The van der Waals surface area contributed by atoms with Crippen LogP contribution in [0.15, 0.2) is 47.8 Å². The molecule has 2 aromatic carbocycles. The summed E-state index contributed by atoms with van der Waals surface area (Å²) in [6.45, 7) is 1.95. The summed E-state index contributed by atoms with van der Waals surface area (Å²) in [6, 6.07) is 13.2. The van der Waals surface area contributed by atoms with Crippen LogP contribution in [0.4, 0.5) is 10.8 Å². The topological polar surface area (TPSA) is 71.1 Å². The maximum atomic E-state index is 12.3. The van der Waals surface area contributed by atoms with Crippen molar-refractivity contribution >= 4 is 34.0 Å². The van der Waals surface area contributed by atoms with Gasteiger partial charge < -0.3 is 5.32 Å². The van der Waals surface area contributed by atoms with E-state index in [4.69, 9.17) is 0 Å². The highest BCUT2D eigenvalue weighted by molar-refractivity contribution is 7.14. The van der Waals surface area contributed by atoms with Crippen LogP contribution in [0, 0.1) is 6.92 Å². The number of thiazole rings is 1. The Bertz CT molecular complexity index is 994. The van der Waals surface area contributed by atoms with Crippen LogP contribution in [0.5, 0.6) is 0 Å². The third-order valence-corrected chi connectivity index (χ3v) is 4.79. The fourth-order valence-electron chi connectivity index (χ4n) is 2.81. The lowest BCUT2D eigenvalue weighted by Crippen LogP contribution is -2.11. The lowest BCUT2D eigenvalue weighted by Gasteiger charge is -2.03. The van der Waals surface area contributed by atoms with Crippen LogP contribution >= 0.6 is 11.3 Å². The second kappa shape index (κ2) is 6.14. The van der Waals surface area contributed by atoms with Gasteiger partial charge in [-0.2, -0.15) is 0 Å². The third-order valence-electron chi connectivity index (χ3n) is 4.03. The molecule has 0 saturated carbocycles. The maximum absolute atomic E-state index is 12.3. The van der Waals surface area contributed by atoms with Gasteiger partial charge in [0.15, 0.2) is 5.13 Å². The highest BCUT2D eigenvalue weighted by Gasteiger charge is 2.18. The van der Waals surface area contributed by atoms with Gasteiger partial charge in [0.1, 0.15) is 0 Å². The predicted octanol–water partition coefficient (Wildman–Crippen LogP) is 3.87. The number of nitrogens with one attached hydrogen (secondary N) is 2. The van der Waals surface area contributed by atoms with E-state index in [1.54, 1.807) is 6.07 Å². The minimum absolute atomic E-state index is 0.0107. The van der Waals surface area contributed by atoms with Crippen molar-refractivity contribution in [2.75, 3.05) is 10.6 Å². The average Bonchev–Trinajstić information content (AvgIpc) is 3.19. The minimum Gasteiger partial charge on any atom is -0.326 e. The molecule has 124 valence electrons. The summed E-state index contributed by atoms with van der Waals surface area (Å²) < 4.78 is 0. The predicted molar refractivity (Wildman–Crippen MR) is 99.0 cm³/mol. The van der Waals surface area contributed by atoms with E-state index in [2.05, 4.69) is 15.6 Å². The summed E-state index contributed by atoms with van der Waals surface area (Å²) in [5.41, 5.74) is 5.19. The first-order chi connectivity index (χ1) is 12.1. The fraction of sp³-hybridized carbons (Fsp3) is 0.105. The Morgan fingerprint density at radius 1 is 1.24 bits per heavy atom. The van der Waals surface area contributed by atoms with Crippen LogP contribution in [0.3, 0.4) is 0 Å². The van der Waals surface area contributed by atoms with E-state index < -0.39 is 0 Å². The number of anilines is 2. The van der Waals surface area contributed by atoms with Crippen molar-refractivity contribution < 1.29 is 9.59 Å². The van der Waals surface area contributed by atoms with E-state index in [1.807, 2.05) is 48.7 Å². The molecule has 1 aliphatic heterocycles. The van der Waals surface area contributed by atoms with Crippen molar-refractivity contribution in [3.05, 3.63) is 64.5 Å². The van der Waals surface area contributed by atoms with Crippen molar-refractivity contribution in [2.24, 2.45) is 0 Å². The van der Waals surface area contributed by atoms with E-state index >= 15 is 0 Å². The molecule has 4 rings (SSSR count). The van der Waals surface area contributed by atoms with Crippen LogP contribution < -0.4 is 10.6 Å². The van der Waals surface area contributed by atoms with Crippen LogP contribution in [-0.4, -0.2) is 16.8 Å². The quantitative estimate of drug-likeness (QED) is 0.754. The first kappa shape index (κ1) is 15.5. The Balaban J connectivity index is 1.54. The Morgan fingerprint density at radius 3 is 2.96 bits per heavy atom. The molecule has 6 heteroatoms. The number of aryl methyl sites for hydroxylation is 1. The molecular weight excluding hydrogens is 334 g/mol. The third kappa shape index (κ3) is 3.16. The molecule has 0 unspecified atom stereocenters. The first-order valence-electron chi connectivity index (χ1n) is 7.85. The molecule has 0 spiro atoms. The standard InChI is InChI=1S/C19H15N3O2S/c1-11-3-2-4-13(7-11)18(24)22-19-21-16(10-25-19)12-5-6-15-14(8-12)9-17(23)20-15/h2-8,10H,9H2,1H3,(H,20,23)(H,21,22,24). The van der Waals surface area contributed by atoms with Gasteiger partial charge in [-0.1, -0.05) is 23.8 Å². The molecule has 0 aliphatic carbocycles. The Labute approximate surface area is 148 Å². The zero-order valence-electron chi connectivity index (χ0n) is 13.5. The summed E-state index contributed by atoms with van der Waals surface area (Å²) in [6.07, 6.45) is 0.393. The molecule has 1 aliphatic rings. The van der Waals surface area contributed by atoms with Gasteiger partial charge in [-0.25, -0.2) is 4.98 Å². The van der Waals surface area contributed by atoms with Crippen LogP contribution in [0.2, 0.25) is 0 Å². The summed E-state index contributed by atoms with van der Waals surface area (Å²) >= 11 is 1.38. The van der Waals surface area contributed by atoms with Gasteiger partial charge in [-0.3, -0.25) is 14.9 Å². The molecule has 25 heavy (non-hydrogen) atoms. The van der Waals surface area contributed by atoms with E-state index in [0.29, 0.717) is 17.1 Å². The number of nitrogens with zero attached hydrogens (tertiary/aromatic N) is 1. The Morgan fingerprint density at radius 2 is 2.12 bits per heavy atom. The summed E-state index contributed by atoms with van der Waals surface area (Å²) in [5.74, 6) is -0.162. The minimum atomic E-state index is -0.173. The van der Waals surface area contributed by atoms with Gasteiger partial charge in [0.05, 0.1) is 12.1 Å². The molecule has 0 atom stereocenters. The number of aromatic nitrogens is 1. The van der Waals surface area contributed by atoms with Gasteiger partial charge >= 0.3 is 0 Å². The van der Waals surface area contributed by atoms with E-state index in [9.17, 15) is 9.59 Å². The second-order valence-electron chi connectivity index (χ2n) is 5.96. The van der Waals surface area contributed by atoms with Crippen molar-refractivity contribution in [3.63, 3.8) is 0 Å². The van der Waals surface area contributed by atoms with Gasteiger partial charge in [-0.05, 0) is 36.8 Å². The van der Waals surface area contributed by atoms with Gasteiger partial charge in [-0.15, -0.1) is 11.3 Å². The van der Waals surface area contributed by atoms with Crippen LogP contribution in [0.1, 0.15) is 21.5 Å². The molecule has 0 fully saturated rings. The van der Waals surface area contributed by atoms with E-state index in [1.165, 1.54) is 11.3 Å². The number of fused-ring (bicyclic) bond motifs is 1. The SMILES string of the molecule is Cc1cccc(C(=O)Nc2nc(-c3ccc4c(c3)CC(=O)N4)cs2)c1. The lowest BCUT2D eigenvalue weighted by atomic mass is 10.1. The number of amides is 2. The fourth-order valence-corrected chi connectivity index (χ4v) is 3.52. The molecule has 5 nitrogen and oxygen atoms in total. The Kier molecular flexibility index (Phi) is 3.82. The number of hydrogen-bond acceptors (Lipinski definition) is 4. The lowest BCUT2D eigenvalue weighted by molar-refractivity contribution is -0.115. The molecular formula is C19H15N3O2S. The molecule has 0 saturated heterocycles. The normalized spacial score (nSPS) is 12.6. The average molecular weight is 349 g/mol. The summed E-state index contributed by atoms with van der Waals surface area (Å²) in [5, 5.41) is 8.11. The van der Waals surface area contributed by atoms with Gasteiger partial charge in [0, 0.05) is 22.2 Å². The van der Waals surface area contributed by atoms with Crippen molar-refractivity contribution in [1.82, 2.24) is 4.98 Å². The molecule has 1 aromatic heterocycles. The molecule has 2 N–H and O–H groups in total. The Hall–Kier alpha value is -2.99. The molecule has 2 heterocycles. The van der Waals surface area contributed by atoms with Crippen LogP contribution in [-0.2, 0) is 11.2 Å². The summed E-state index contributed by atoms with van der Waals surface area (Å²) in [7, 11) is 0. The van der Waals surface area contributed by atoms with Crippen molar-refractivity contribution in [2.45, 2.75) is 13.3 Å². The molecule has 2 amide bonds. The van der Waals surface area contributed by atoms with Crippen molar-refractivity contribution in [1.29, 1.82) is 0 Å². The summed E-state index contributed by atoms with van der Waals surface area (Å²) in [4.78, 5) is 28.3. The number of carbonyl (C=O) groups is 2. The van der Waals surface area contributed by atoms with Crippen LogP contribution in [0.25, 0.3) is 11.3 Å². The number of rotatable bonds is 3.